The van der Waals surface area contributed by atoms with Gasteiger partial charge >= 0.3 is 0 Å². The summed E-state index contributed by atoms with van der Waals surface area (Å²) in [6.07, 6.45) is 41.4. The Labute approximate surface area is 363 Å². The van der Waals surface area contributed by atoms with Gasteiger partial charge in [-0.05, 0) is 19.3 Å². The van der Waals surface area contributed by atoms with E-state index >= 15 is 0 Å². The number of carbonyl (C=O) groups excluding carboxylic acids is 1. The molecule has 0 radical (unpaired) electrons. The van der Waals surface area contributed by atoms with E-state index in [-0.39, 0.29) is 12.5 Å². The molecule has 7 atom stereocenters. The van der Waals surface area contributed by atoms with Gasteiger partial charge in [0.25, 0.3) is 0 Å². The molecule has 0 bridgehead atoms. The highest BCUT2D eigenvalue weighted by Crippen LogP contribution is 2.23. The van der Waals surface area contributed by atoms with Crippen molar-refractivity contribution in [2.24, 2.45) is 0 Å². The van der Waals surface area contributed by atoms with Crippen LogP contribution in [0.1, 0.15) is 245 Å². The molecule has 1 fully saturated rings. The molecule has 0 aromatic rings. The molecular weight excluding hydrogens is 743 g/mol. The van der Waals surface area contributed by atoms with Gasteiger partial charge in [0, 0.05) is 6.42 Å². The van der Waals surface area contributed by atoms with Crippen molar-refractivity contribution in [3.05, 3.63) is 12.2 Å². The van der Waals surface area contributed by atoms with Gasteiger partial charge in [-0.15, -0.1) is 0 Å². The van der Waals surface area contributed by atoms with Crippen molar-refractivity contribution < 1.29 is 39.8 Å². The van der Waals surface area contributed by atoms with Crippen LogP contribution >= 0.6 is 0 Å². The van der Waals surface area contributed by atoms with Crippen LogP contribution in [0, 0.1) is 0 Å². The first-order chi connectivity index (χ1) is 28.8. The molecule has 1 aliphatic heterocycles. The van der Waals surface area contributed by atoms with Gasteiger partial charge in [-0.1, -0.05) is 231 Å². The van der Waals surface area contributed by atoms with Crippen LogP contribution in [-0.4, -0.2) is 87.5 Å². The molecule has 1 rings (SSSR count). The van der Waals surface area contributed by atoms with Gasteiger partial charge in [0.05, 0.1) is 25.4 Å². The largest absolute Gasteiger partial charge is 0.394 e. The van der Waals surface area contributed by atoms with E-state index in [1.807, 2.05) is 6.08 Å². The number of aliphatic hydroxyl groups is 5. The second-order valence-electron chi connectivity index (χ2n) is 18.0. The first kappa shape index (κ1) is 55.9. The topological polar surface area (TPSA) is 149 Å². The Morgan fingerprint density at radius 3 is 1.32 bits per heavy atom. The molecule has 2 unspecified atom stereocenters. The molecule has 350 valence electrons. The number of hydrogen-bond acceptors (Lipinski definition) is 8. The Balaban J connectivity index is 2.16. The second kappa shape index (κ2) is 41.0. The summed E-state index contributed by atoms with van der Waals surface area (Å²) >= 11 is 0. The summed E-state index contributed by atoms with van der Waals surface area (Å²) in [5, 5.41) is 54.1. The molecule has 0 saturated carbocycles. The minimum atomic E-state index is -1.56. The smallest absolute Gasteiger partial charge is 0.220 e. The molecule has 1 heterocycles. The van der Waals surface area contributed by atoms with E-state index in [2.05, 4.69) is 19.2 Å². The summed E-state index contributed by atoms with van der Waals surface area (Å²) in [5.74, 6) is -0.174. The van der Waals surface area contributed by atoms with Crippen molar-refractivity contribution in [3.8, 4) is 0 Å². The Morgan fingerprint density at radius 1 is 0.559 bits per heavy atom. The molecule has 0 aromatic carbocycles. The van der Waals surface area contributed by atoms with Crippen molar-refractivity contribution in [2.45, 2.75) is 288 Å². The Hall–Kier alpha value is -1.07. The minimum absolute atomic E-state index is 0.174. The molecule has 0 spiro atoms. The summed E-state index contributed by atoms with van der Waals surface area (Å²) in [6.45, 7) is 3.77. The van der Waals surface area contributed by atoms with E-state index in [9.17, 15) is 30.3 Å². The standard InChI is InChI=1S/C50H97NO8/c1-3-5-7-9-11-13-15-16-17-18-19-20-21-22-23-24-25-26-27-28-29-30-32-34-36-38-40-46(54)51-43(42-58-50-49(57)48(56)47(55)45(41-52)59-50)44(53)39-37-35-33-31-14-12-10-8-6-4-2/h37,39,43-45,47-50,52-53,55-57H,3-36,38,40-42H2,1-2H3,(H,51,54)/b39-37+/t43-,44+,45+,47+,48?,49?,50+/m0/s1. The third kappa shape index (κ3) is 31.4. The fraction of sp³-hybridized carbons (Fsp3) is 0.940. The molecule has 59 heavy (non-hydrogen) atoms. The number of ether oxygens (including phenoxy) is 2. The fourth-order valence-electron chi connectivity index (χ4n) is 8.28. The Bertz CT molecular complexity index is 935. The maximum atomic E-state index is 13.0. The number of unbranched alkanes of at least 4 members (excludes halogenated alkanes) is 33. The van der Waals surface area contributed by atoms with E-state index < -0.39 is 49.5 Å². The van der Waals surface area contributed by atoms with Gasteiger partial charge in [0.15, 0.2) is 6.29 Å². The van der Waals surface area contributed by atoms with Crippen LogP contribution in [0.3, 0.4) is 0 Å². The predicted molar refractivity (Wildman–Crippen MR) is 244 cm³/mol. The molecule has 6 N–H and O–H groups in total. The average Bonchev–Trinajstić information content (AvgIpc) is 3.23. The number of carbonyl (C=O) groups is 1. The van der Waals surface area contributed by atoms with Crippen molar-refractivity contribution in [1.82, 2.24) is 5.32 Å². The van der Waals surface area contributed by atoms with Crippen molar-refractivity contribution in [3.63, 3.8) is 0 Å². The van der Waals surface area contributed by atoms with E-state index in [1.165, 1.54) is 186 Å². The number of rotatable bonds is 43. The first-order valence-corrected chi connectivity index (χ1v) is 25.4. The van der Waals surface area contributed by atoms with Crippen LogP contribution in [0.2, 0.25) is 0 Å². The van der Waals surface area contributed by atoms with Gasteiger partial charge in [0.1, 0.15) is 24.4 Å². The zero-order valence-corrected chi connectivity index (χ0v) is 38.5. The summed E-state index contributed by atoms with van der Waals surface area (Å²) in [7, 11) is 0. The van der Waals surface area contributed by atoms with Crippen molar-refractivity contribution >= 4 is 5.91 Å². The van der Waals surface area contributed by atoms with Gasteiger partial charge in [-0.25, -0.2) is 0 Å². The fourth-order valence-corrected chi connectivity index (χ4v) is 8.28. The van der Waals surface area contributed by atoms with E-state index in [0.717, 1.165) is 38.5 Å². The highest BCUT2D eigenvalue weighted by Gasteiger charge is 2.44. The molecule has 1 aliphatic rings. The van der Waals surface area contributed by atoms with Gasteiger partial charge < -0.3 is 40.3 Å². The molecule has 1 amide bonds. The molecule has 1 saturated heterocycles. The minimum Gasteiger partial charge on any atom is -0.394 e. The van der Waals surface area contributed by atoms with Gasteiger partial charge in [-0.2, -0.15) is 0 Å². The zero-order valence-electron chi connectivity index (χ0n) is 38.5. The third-order valence-electron chi connectivity index (χ3n) is 12.4. The van der Waals surface area contributed by atoms with Gasteiger partial charge in [-0.3, -0.25) is 4.79 Å². The zero-order chi connectivity index (χ0) is 43.0. The number of aliphatic hydroxyl groups excluding tert-OH is 5. The predicted octanol–water partition coefficient (Wildman–Crippen LogP) is 11.3. The van der Waals surface area contributed by atoms with E-state index in [0.29, 0.717) is 6.42 Å². The normalized spacial score (nSPS) is 20.7. The highest BCUT2D eigenvalue weighted by molar-refractivity contribution is 5.76. The van der Waals surface area contributed by atoms with E-state index in [1.54, 1.807) is 6.08 Å². The molecule has 9 heteroatoms. The molecule has 0 aromatic heterocycles. The number of hydrogen-bond donors (Lipinski definition) is 6. The highest BCUT2D eigenvalue weighted by atomic mass is 16.7. The van der Waals surface area contributed by atoms with Crippen LogP contribution in [0.4, 0.5) is 0 Å². The summed E-state index contributed by atoms with van der Waals surface area (Å²) < 4.78 is 11.2. The van der Waals surface area contributed by atoms with Crippen LogP contribution in [0.25, 0.3) is 0 Å². The number of allylic oxidation sites excluding steroid dienone is 1. The SMILES string of the molecule is CCCCCCCCCC/C=C/[C@@H](O)[C@H](CO[C@@H]1O[C@H](CO)[C@@H](O)C(O)C1O)NC(=O)CCCCCCCCCCCCCCCCCCCCCCCCCCCC. The number of amides is 1. The summed E-state index contributed by atoms with van der Waals surface area (Å²) in [4.78, 5) is 13.0. The van der Waals surface area contributed by atoms with Crippen molar-refractivity contribution in [1.29, 1.82) is 0 Å². The molecular formula is C50H97NO8. The lowest BCUT2D eigenvalue weighted by Crippen LogP contribution is -2.60. The van der Waals surface area contributed by atoms with Gasteiger partial charge in [0.2, 0.25) is 5.91 Å². The quantitative estimate of drug-likeness (QED) is 0.0263. The lowest BCUT2D eigenvalue weighted by Gasteiger charge is -2.40. The number of nitrogens with one attached hydrogen (secondary N) is 1. The second-order valence-corrected chi connectivity index (χ2v) is 18.0. The molecule has 0 aliphatic carbocycles. The van der Waals surface area contributed by atoms with E-state index in [4.69, 9.17) is 9.47 Å². The summed E-state index contributed by atoms with van der Waals surface area (Å²) in [5.41, 5.74) is 0. The monoisotopic (exact) mass is 840 g/mol. The van der Waals surface area contributed by atoms with Crippen LogP contribution in [0.15, 0.2) is 12.2 Å². The van der Waals surface area contributed by atoms with Crippen LogP contribution < -0.4 is 5.32 Å². The Morgan fingerprint density at radius 2 is 0.932 bits per heavy atom. The lowest BCUT2D eigenvalue weighted by molar-refractivity contribution is -0.302. The van der Waals surface area contributed by atoms with Crippen molar-refractivity contribution in [2.75, 3.05) is 13.2 Å². The summed E-state index contributed by atoms with van der Waals surface area (Å²) in [6, 6.07) is -0.797. The lowest BCUT2D eigenvalue weighted by atomic mass is 9.99. The third-order valence-corrected chi connectivity index (χ3v) is 12.4. The Kier molecular flexibility index (Phi) is 38.9. The first-order valence-electron chi connectivity index (χ1n) is 25.4. The molecule has 9 nitrogen and oxygen atoms in total. The maximum absolute atomic E-state index is 13.0. The maximum Gasteiger partial charge on any atom is 0.220 e. The van der Waals surface area contributed by atoms with Crippen LogP contribution in [-0.2, 0) is 14.3 Å². The van der Waals surface area contributed by atoms with Crippen LogP contribution in [0.5, 0.6) is 0 Å². The average molecular weight is 840 g/mol.